The molecule has 44 heavy (non-hydrogen) atoms. The number of alkyl halides is 1. The number of pyridine rings is 1. The SMILES string of the molecule is C=C/C(C#N)=C\N(C)c1ccc(Cl)cc1-c1ccc(C2CCCCC(=O)NC(=C/N)/C(=N/C(C)F)c3cccc2c3)[n+](O)c1. The highest BCUT2D eigenvalue weighted by Gasteiger charge is 2.27. The second-order valence-corrected chi connectivity index (χ2v) is 10.9. The van der Waals surface area contributed by atoms with Crippen LogP contribution >= 0.6 is 11.6 Å². The molecule has 2 heterocycles. The van der Waals surface area contributed by atoms with Crippen LogP contribution in [0.15, 0.2) is 102 Å². The van der Waals surface area contributed by atoms with E-state index < -0.39 is 6.30 Å². The molecule has 2 unspecified atom stereocenters. The number of hydrogen-bond acceptors (Lipinski definition) is 6. The summed E-state index contributed by atoms with van der Waals surface area (Å²) in [5.74, 6) is -0.482. The van der Waals surface area contributed by atoms with Gasteiger partial charge in [-0.3, -0.25) is 10.0 Å². The number of aliphatic imine (C=N–C) groups is 1. The van der Waals surface area contributed by atoms with Gasteiger partial charge in [0.25, 0.3) is 0 Å². The van der Waals surface area contributed by atoms with E-state index in [4.69, 9.17) is 17.3 Å². The summed E-state index contributed by atoms with van der Waals surface area (Å²) in [6, 6.07) is 18.7. The molecule has 2 aromatic carbocycles. The summed E-state index contributed by atoms with van der Waals surface area (Å²) in [4.78, 5) is 18.6. The maximum absolute atomic E-state index is 14.1. The summed E-state index contributed by atoms with van der Waals surface area (Å²) in [5.41, 5.74) is 11.1. The summed E-state index contributed by atoms with van der Waals surface area (Å²) in [7, 11) is 1.82. The average Bonchev–Trinajstić information content (AvgIpc) is 3.01. The van der Waals surface area contributed by atoms with Crippen LogP contribution in [0.4, 0.5) is 10.1 Å². The van der Waals surface area contributed by atoms with E-state index in [1.54, 1.807) is 35.5 Å². The van der Waals surface area contributed by atoms with Crippen LogP contribution in [0.2, 0.25) is 5.02 Å². The molecule has 2 atom stereocenters. The quantitative estimate of drug-likeness (QED) is 0.0993. The summed E-state index contributed by atoms with van der Waals surface area (Å²) < 4.78 is 15.3. The Morgan fingerprint density at radius 1 is 1.27 bits per heavy atom. The third-order valence-corrected chi connectivity index (χ3v) is 7.59. The van der Waals surface area contributed by atoms with Gasteiger partial charge in [-0.2, -0.15) is 5.26 Å². The lowest BCUT2D eigenvalue weighted by Crippen LogP contribution is -2.37. The van der Waals surface area contributed by atoms with E-state index in [1.807, 2.05) is 43.4 Å². The summed E-state index contributed by atoms with van der Waals surface area (Å²) >= 11 is 6.38. The first kappa shape index (κ1) is 32.0. The minimum atomic E-state index is -1.52. The summed E-state index contributed by atoms with van der Waals surface area (Å²) in [5, 5.41) is 24.0. The molecule has 0 saturated heterocycles. The minimum absolute atomic E-state index is 0.233. The molecule has 1 aliphatic rings. The number of carbonyl (C=O) groups is 1. The number of nitriles is 1. The van der Waals surface area contributed by atoms with E-state index in [2.05, 4.69) is 23.0 Å². The number of rotatable bonds is 6. The van der Waals surface area contributed by atoms with Gasteiger partial charge in [0, 0.05) is 58.5 Å². The molecule has 0 saturated carbocycles. The van der Waals surface area contributed by atoms with Crippen molar-refractivity contribution in [2.24, 2.45) is 10.7 Å². The third kappa shape index (κ3) is 7.52. The number of halogens is 2. The van der Waals surface area contributed by atoms with E-state index in [9.17, 15) is 19.7 Å². The van der Waals surface area contributed by atoms with E-state index in [0.717, 1.165) is 21.5 Å². The molecule has 8 nitrogen and oxygen atoms in total. The molecule has 4 rings (SSSR count). The molecule has 2 bridgehead atoms. The van der Waals surface area contributed by atoms with Gasteiger partial charge < -0.3 is 16.0 Å². The topological polar surface area (TPSA) is 119 Å². The maximum atomic E-state index is 14.1. The lowest BCUT2D eigenvalue weighted by atomic mass is 9.87. The molecule has 0 spiro atoms. The number of nitrogens with zero attached hydrogens (tertiary/aromatic N) is 4. The number of hydrogen-bond donors (Lipinski definition) is 3. The van der Waals surface area contributed by atoms with Crippen LogP contribution in [0, 0.1) is 11.3 Å². The number of allylic oxidation sites excluding steroid dienone is 3. The van der Waals surface area contributed by atoms with Gasteiger partial charge in [0.15, 0.2) is 6.30 Å². The van der Waals surface area contributed by atoms with Crippen molar-refractivity contribution in [3.63, 3.8) is 0 Å². The van der Waals surface area contributed by atoms with Gasteiger partial charge in [-0.1, -0.05) is 48.9 Å². The number of fused-ring (bicyclic) bond motifs is 2. The third-order valence-electron chi connectivity index (χ3n) is 7.36. The van der Waals surface area contributed by atoms with Crippen molar-refractivity contribution >= 4 is 28.9 Å². The Labute approximate surface area is 261 Å². The number of amides is 1. The lowest BCUT2D eigenvalue weighted by molar-refractivity contribution is -0.909. The molecule has 10 heteroatoms. The van der Waals surface area contributed by atoms with Crippen LogP contribution in [0.25, 0.3) is 11.1 Å². The largest absolute Gasteiger partial charge is 0.403 e. The Morgan fingerprint density at radius 3 is 2.75 bits per heavy atom. The van der Waals surface area contributed by atoms with Gasteiger partial charge in [0.05, 0.1) is 28.5 Å². The molecule has 1 aromatic heterocycles. The number of benzene rings is 2. The zero-order chi connectivity index (χ0) is 31.8. The van der Waals surface area contributed by atoms with Gasteiger partial charge in [-0.15, -0.1) is 0 Å². The number of carbonyl (C=O) groups excluding carboxylic acids is 1. The average molecular weight is 614 g/mol. The first-order valence-electron chi connectivity index (χ1n) is 14.2. The Balaban J connectivity index is 1.81. The van der Waals surface area contributed by atoms with Crippen LogP contribution in [-0.2, 0) is 4.79 Å². The van der Waals surface area contributed by atoms with Crippen LogP contribution in [0.1, 0.15) is 55.3 Å². The molecule has 3 aromatic rings. The Kier molecular flexibility index (Phi) is 10.5. The Morgan fingerprint density at radius 2 is 2.07 bits per heavy atom. The molecule has 0 radical (unpaired) electrons. The number of anilines is 1. The summed E-state index contributed by atoms with van der Waals surface area (Å²) in [6.07, 6.45) is 6.71. The zero-order valence-electron chi connectivity index (χ0n) is 24.7. The van der Waals surface area contributed by atoms with E-state index in [-0.39, 0.29) is 29.7 Å². The van der Waals surface area contributed by atoms with E-state index in [0.29, 0.717) is 46.7 Å². The molecule has 4 N–H and O–H groups in total. The van der Waals surface area contributed by atoms with Crippen molar-refractivity contribution in [2.75, 3.05) is 11.9 Å². The van der Waals surface area contributed by atoms with Crippen LogP contribution in [0.5, 0.6) is 0 Å². The highest BCUT2D eigenvalue weighted by molar-refractivity contribution is 6.31. The first-order valence-corrected chi connectivity index (χ1v) is 14.6. The van der Waals surface area contributed by atoms with E-state index >= 15 is 0 Å². The van der Waals surface area contributed by atoms with Crippen molar-refractivity contribution < 1.29 is 19.1 Å². The molecular formula is C34H35ClFN6O2+. The number of nitrogens with two attached hydrogens (primary N) is 1. The van der Waals surface area contributed by atoms with Crippen LogP contribution < -0.4 is 20.7 Å². The van der Waals surface area contributed by atoms with Gasteiger partial charge in [-0.05, 0) is 55.7 Å². The van der Waals surface area contributed by atoms with Gasteiger partial charge in [-0.25, -0.2) is 9.38 Å². The fourth-order valence-corrected chi connectivity index (χ4v) is 5.45. The zero-order valence-corrected chi connectivity index (χ0v) is 25.4. The van der Waals surface area contributed by atoms with Crippen molar-refractivity contribution in [1.82, 2.24) is 5.32 Å². The molecule has 0 fully saturated rings. The minimum Gasteiger partial charge on any atom is -0.403 e. The van der Waals surface area contributed by atoms with E-state index in [1.165, 1.54) is 19.2 Å². The smallest absolute Gasteiger partial charge is 0.241 e. The highest BCUT2D eigenvalue weighted by Crippen LogP contribution is 2.35. The number of nitrogens with one attached hydrogen (secondary N) is 1. The second-order valence-electron chi connectivity index (χ2n) is 10.5. The predicted molar refractivity (Wildman–Crippen MR) is 171 cm³/mol. The van der Waals surface area contributed by atoms with Crippen molar-refractivity contribution in [3.05, 3.63) is 119 Å². The standard InChI is InChI=1S/C34H34ClFN6O2/c1-4-23(18-37)20-41(3)31-15-13-27(35)17-29(31)26-12-14-32(42(44)21-26)28-10-5-6-11-33(43)40-30(19-38)34(39-22(2)36)25-9-7-8-24(28)16-25/h4,7-9,12-17,19-22,28H,1,5-6,10-11H2,2-3H3,(H3-,38,39,40,43,44)/p+1/b23-20+. The Bertz CT molecular complexity index is 1690. The second kappa shape index (κ2) is 14.5. The molecular weight excluding hydrogens is 579 g/mol. The molecule has 1 aliphatic heterocycles. The predicted octanol–water partition coefficient (Wildman–Crippen LogP) is 6.29. The van der Waals surface area contributed by atoms with Crippen molar-refractivity contribution in [3.8, 4) is 17.2 Å². The van der Waals surface area contributed by atoms with Gasteiger partial charge in [0.1, 0.15) is 6.07 Å². The maximum Gasteiger partial charge on any atom is 0.241 e. The lowest BCUT2D eigenvalue weighted by Gasteiger charge is -2.20. The highest BCUT2D eigenvalue weighted by atomic mass is 35.5. The fraction of sp³-hybridized carbons (Fsp3) is 0.235. The normalized spacial score (nSPS) is 18.5. The van der Waals surface area contributed by atoms with Gasteiger partial charge in [0.2, 0.25) is 17.8 Å². The fourth-order valence-electron chi connectivity index (χ4n) is 5.28. The van der Waals surface area contributed by atoms with Crippen molar-refractivity contribution in [2.45, 2.75) is 44.8 Å². The molecule has 226 valence electrons. The Hall–Kier alpha value is -4.94. The molecule has 0 aliphatic carbocycles. The first-order chi connectivity index (χ1) is 21.1. The van der Waals surface area contributed by atoms with Crippen molar-refractivity contribution in [1.29, 1.82) is 5.26 Å². The van der Waals surface area contributed by atoms with Gasteiger partial charge >= 0.3 is 0 Å². The van der Waals surface area contributed by atoms with Crippen LogP contribution in [0.3, 0.4) is 0 Å². The molecule has 1 amide bonds. The monoisotopic (exact) mass is 613 g/mol. The summed E-state index contributed by atoms with van der Waals surface area (Å²) in [6.45, 7) is 4.99. The van der Waals surface area contributed by atoms with Crippen LogP contribution in [-0.4, -0.2) is 30.2 Å². The number of aromatic nitrogens is 1.